The molecule has 0 fully saturated rings. The van der Waals surface area contributed by atoms with Crippen LogP contribution in [0.1, 0.15) is 12.5 Å². The molecule has 0 aliphatic heterocycles. The Hall–Kier alpha value is -1.94. The van der Waals surface area contributed by atoms with Gasteiger partial charge in [0.2, 0.25) is 0 Å². The van der Waals surface area contributed by atoms with Crippen molar-refractivity contribution in [1.82, 2.24) is 0 Å². The van der Waals surface area contributed by atoms with E-state index in [1.807, 2.05) is 25.1 Å². The molecule has 0 heterocycles. The Bertz CT molecular complexity index is 619. The first-order valence-electron chi connectivity index (χ1n) is 6.62. The molecule has 2 aromatic carbocycles. The molecule has 0 amide bonds. The van der Waals surface area contributed by atoms with Crippen LogP contribution in [0.15, 0.2) is 36.4 Å². The van der Waals surface area contributed by atoms with Gasteiger partial charge in [-0.25, -0.2) is 4.39 Å². The Morgan fingerprint density at radius 2 is 1.95 bits per heavy atom. The van der Waals surface area contributed by atoms with Gasteiger partial charge in [0, 0.05) is 23.3 Å². The van der Waals surface area contributed by atoms with Gasteiger partial charge >= 0.3 is 0 Å². The largest absolute Gasteiger partial charge is 0.493 e. The average Bonchev–Trinajstić information content (AvgIpc) is 2.47. The number of halogens is 2. The van der Waals surface area contributed by atoms with Crippen LogP contribution in [0.3, 0.4) is 0 Å². The minimum atomic E-state index is -0.341. The van der Waals surface area contributed by atoms with E-state index in [0.717, 1.165) is 11.3 Å². The monoisotopic (exact) mass is 309 g/mol. The van der Waals surface area contributed by atoms with Crippen LogP contribution in [0.25, 0.3) is 0 Å². The molecule has 0 saturated heterocycles. The Morgan fingerprint density at radius 3 is 2.62 bits per heavy atom. The summed E-state index contributed by atoms with van der Waals surface area (Å²) in [7, 11) is 1.60. The number of methoxy groups -OCH3 is 1. The van der Waals surface area contributed by atoms with Crippen molar-refractivity contribution in [2.24, 2.45) is 0 Å². The first-order valence-corrected chi connectivity index (χ1v) is 7.00. The van der Waals surface area contributed by atoms with Crippen LogP contribution in [0.4, 0.5) is 10.1 Å². The number of nitrogens with one attached hydrogen (secondary N) is 1. The molecule has 112 valence electrons. The molecule has 0 bridgehead atoms. The summed E-state index contributed by atoms with van der Waals surface area (Å²) in [5, 5.41) is 3.63. The van der Waals surface area contributed by atoms with Gasteiger partial charge in [-0.3, -0.25) is 0 Å². The summed E-state index contributed by atoms with van der Waals surface area (Å²) in [5.74, 6) is 1.02. The predicted molar refractivity (Wildman–Crippen MR) is 82.9 cm³/mol. The second kappa shape index (κ2) is 7.18. The van der Waals surface area contributed by atoms with Gasteiger partial charge in [0.05, 0.1) is 13.7 Å². The molecule has 0 radical (unpaired) electrons. The molecular weight excluding hydrogens is 293 g/mol. The van der Waals surface area contributed by atoms with E-state index < -0.39 is 0 Å². The average molecular weight is 310 g/mol. The fourth-order valence-corrected chi connectivity index (χ4v) is 2.15. The zero-order valence-corrected chi connectivity index (χ0v) is 12.7. The normalized spacial score (nSPS) is 10.3. The van der Waals surface area contributed by atoms with Crippen molar-refractivity contribution in [3.8, 4) is 11.5 Å². The summed E-state index contributed by atoms with van der Waals surface area (Å²) in [6.07, 6.45) is 0. The fraction of sp³-hybridized carbons (Fsp3) is 0.250. The van der Waals surface area contributed by atoms with Gasteiger partial charge in [-0.15, -0.1) is 0 Å². The van der Waals surface area contributed by atoms with Gasteiger partial charge < -0.3 is 14.8 Å². The summed E-state index contributed by atoms with van der Waals surface area (Å²) in [6.45, 7) is 2.99. The lowest BCUT2D eigenvalue weighted by molar-refractivity contribution is 0.311. The quantitative estimate of drug-likeness (QED) is 0.852. The van der Waals surface area contributed by atoms with Crippen LogP contribution < -0.4 is 14.8 Å². The number of benzene rings is 2. The summed E-state index contributed by atoms with van der Waals surface area (Å²) in [5.41, 5.74) is 1.70. The maximum atomic E-state index is 13.0. The highest BCUT2D eigenvalue weighted by Crippen LogP contribution is 2.30. The molecule has 0 aromatic heterocycles. The number of hydrogen-bond acceptors (Lipinski definition) is 3. The molecule has 0 saturated carbocycles. The van der Waals surface area contributed by atoms with E-state index in [0.29, 0.717) is 29.7 Å². The standard InChI is InChI=1S/C16H17ClFNO2/c1-3-21-15-7-6-13(9-16(15)20-2)19-10-11-4-5-12(18)8-14(11)17/h4-9,19H,3,10H2,1-2H3. The lowest BCUT2D eigenvalue weighted by Crippen LogP contribution is -2.01. The van der Waals surface area contributed by atoms with Crippen molar-refractivity contribution in [1.29, 1.82) is 0 Å². The summed E-state index contributed by atoms with van der Waals surface area (Å²) in [4.78, 5) is 0. The molecule has 0 spiro atoms. The van der Waals surface area contributed by atoms with Crippen LogP contribution in [0.2, 0.25) is 5.02 Å². The predicted octanol–water partition coefficient (Wildman–Crippen LogP) is 4.50. The SMILES string of the molecule is CCOc1ccc(NCc2ccc(F)cc2Cl)cc1OC. The van der Waals surface area contributed by atoms with Gasteiger partial charge in [-0.1, -0.05) is 17.7 Å². The maximum absolute atomic E-state index is 13.0. The highest BCUT2D eigenvalue weighted by molar-refractivity contribution is 6.31. The molecule has 21 heavy (non-hydrogen) atoms. The van der Waals surface area contributed by atoms with Crippen LogP contribution in [0, 0.1) is 5.82 Å². The lowest BCUT2D eigenvalue weighted by Gasteiger charge is -2.13. The molecule has 3 nitrogen and oxygen atoms in total. The molecule has 2 rings (SSSR count). The third kappa shape index (κ3) is 4.02. The molecule has 0 aliphatic rings. The van der Waals surface area contributed by atoms with Crippen molar-refractivity contribution in [3.05, 3.63) is 52.8 Å². The minimum Gasteiger partial charge on any atom is -0.493 e. The van der Waals surface area contributed by atoms with E-state index in [1.165, 1.54) is 12.1 Å². The van der Waals surface area contributed by atoms with Crippen molar-refractivity contribution in [3.63, 3.8) is 0 Å². The number of ether oxygens (including phenoxy) is 2. The van der Waals surface area contributed by atoms with Gasteiger partial charge in [-0.2, -0.15) is 0 Å². The topological polar surface area (TPSA) is 30.5 Å². The third-order valence-corrected chi connectivity index (χ3v) is 3.31. The van der Waals surface area contributed by atoms with Gasteiger partial charge in [-0.05, 0) is 36.8 Å². The first-order chi connectivity index (χ1) is 10.1. The Kier molecular flexibility index (Phi) is 5.28. The van der Waals surface area contributed by atoms with E-state index in [1.54, 1.807) is 13.2 Å². The van der Waals surface area contributed by atoms with Crippen molar-refractivity contribution in [2.45, 2.75) is 13.5 Å². The summed E-state index contributed by atoms with van der Waals surface area (Å²) >= 11 is 6.00. The third-order valence-electron chi connectivity index (χ3n) is 2.96. The van der Waals surface area contributed by atoms with E-state index in [2.05, 4.69) is 5.32 Å². The number of hydrogen-bond donors (Lipinski definition) is 1. The zero-order valence-electron chi connectivity index (χ0n) is 12.0. The highest BCUT2D eigenvalue weighted by atomic mass is 35.5. The molecule has 0 atom stereocenters. The second-order valence-corrected chi connectivity index (χ2v) is 4.80. The fourth-order valence-electron chi connectivity index (χ4n) is 1.91. The zero-order chi connectivity index (χ0) is 15.2. The highest BCUT2D eigenvalue weighted by Gasteiger charge is 2.06. The van der Waals surface area contributed by atoms with Crippen LogP contribution in [-0.2, 0) is 6.54 Å². The molecule has 0 aliphatic carbocycles. The van der Waals surface area contributed by atoms with E-state index in [4.69, 9.17) is 21.1 Å². The molecule has 0 unspecified atom stereocenters. The molecular formula is C16H17ClFNO2. The summed E-state index contributed by atoms with van der Waals surface area (Å²) < 4.78 is 23.7. The van der Waals surface area contributed by atoms with E-state index >= 15 is 0 Å². The van der Waals surface area contributed by atoms with E-state index in [-0.39, 0.29) is 5.82 Å². The van der Waals surface area contributed by atoms with Gasteiger partial charge in [0.25, 0.3) is 0 Å². The molecule has 2 aromatic rings. The maximum Gasteiger partial charge on any atom is 0.162 e. The second-order valence-electron chi connectivity index (χ2n) is 4.39. The first kappa shape index (κ1) is 15.4. The van der Waals surface area contributed by atoms with Crippen molar-refractivity contribution < 1.29 is 13.9 Å². The van der Waals surface area contributed by atoms with Gasteiger partial charge in [0.1, 0.15) is 5.82 Å². The van der Waals surface area contributed by atoms with Crippen LogP contribution >= 0.6 is 11.6 Å². The molecule has 1 N–H and O–H groups in total. The summed E-state index contributed by atoms with van der Waals surface area (Å²) in [6, 6.07) is 9.94. The van der Waals surface area contributed by atoms with Crippen LogP contribution in [-0.4, -0.2) is 13.7 Å². The van der Waals surface area contributed by atoms with Gasteiger partial charge in [0.15, 0.2) is 11.5 Å². The van der Waals surface area contributed by atoms with Crippen molar-refractivity contribution in [2.75, 3.05) is 19.0 Å². The van der Waals surface area contributed by atoms with Crippen LogP contribution in [0.5, 0.6) is 11.5 Å². The Balaban J connectivity index is 2.09. The lowest BCUT2D eigenvalue weighted by atomic mass is 10.2. The Morgan fingerprint density at radius 1 is 1.14 bits per heavy atom. The minimum absolute atomic E-state index is 0.341. The number of rotatable bonds is 6. The van der Waals surface area contributed by atoms with E-state index in [9.17, 15) is 4.39 Å². The van der Waals surface area contributed by atoms with Crippen molar-refractivity contribution >= 4 is 17.3 Å². The molecule has 5 heteroatoms. The smallest absolute Gasteiger partial charge is 0.162 e. The Labute approximate surface area is 128 Å². The number of anilines is 1.